The Bertz CT molecular complexity index is 469. The molecule has 1 aliphatic heterocycles. The molecule has 1 aliphatic carbocycles. The van der Waals surface area contributed by atoms with Gasteiger partial charge in [-0.3, -0.25) is 0 Å². The van der Waals surface area contributed by atoms with Crippen molar-refractivity contribution in [1.29, 1.82) is 0 Å². The smallest absolute Gasteiger partial charge is 0.0471 e. The molecule has 1 aromatic rings. The van der Waals surface area contributed by atoms with Crippen LogP contribution in [0.4, 0.5) is 0 Å². The fourth-order valence-electron chi connectivity index (χ4n) is 4.27. The largest absolute Gasteiger partial charge is 0.381 e. The Morgan fingerprint density at radius 1 is 1.15 bits per heavy atom. The summed E-state index contributed by atoms with van der Waals surface area (Å²) in [6, 6.07) is 5.83. The Labute approximate surface area is 130 Å². The minimum atomic E-state index is 0.0848. The van der Waals surface area contributed by atoms with Crippen molar-refractivity contribution >= 4 is 23.2 Å². The number of rotatable bonds is 3. The summed E-state index contributed by atoms with van der Waals surface area (Å²) in [5, 5.41) is 4.94. The van der Waals surface area contributed by atoms with Gasteiger partial charge in [0, 0.05) is 35.2 Å². The number of hydrogen-bond acceptors (Lipinski definition) is 2. The minimum absolute atomic E-state index is 0.0848. The number of likely N-dealkylation sites (N-methyl/N-ethyl adjacent to an activating group) is 1. The van der Waals surface area contributed by atoms with Crippen molar-refractivity contribution in [1.82, 2.24) is 5.32 Å². The lowest BCUT2D eigenvalue weighted by Gasteiger charge is -2.58. The van der Waals surface area contributed by atoms with E-state index in [-0.39, 0.29) is 5.41 Å². The maximum absolute atomic E-state index is 6.45. The molecule has 0 atom stereocenters. The van der Waals surface area contributed by atoms with Crippen molar-refractivity contribution in [3.63, 3.8) is 0 Å². The van der Waals surface area contributed by atoms with Gasteiger partial charge in [-0.05, 0) is 55.8 Å². The molecule has 0 unspecified atom stereocenters. The molecule has 110 valence electrons. The average molecular weight is 314 g/mol. The molecule has 1 N–H and O–H groups in total. The van der Waals surface area contributed by atoms with Gasteiger partial charge in [0.2, 0.25) is 0 Å². The highest BCUT2D eigenvalue weighted by Crippen LogP contribution is 2.61. The second-order valence-corrected chi connectivity index (χ2v) is 7.19. The molecule has 1 heterocycles. The molecule has 2 fully saturated rings. The number of benzene rings is 1. The average Bonchev–Trinajstić information content (AvgIpc) is 2.38. The molecule has 4 heteroatoms. The molecule has 1 saturated carbocycles. The summed E-state index contributed by atoms with van der Waals surface area (Å²) in [5.74, 6) is 0. The van der Waals surface area contributed by atoms with Crippen LogP contribution in [0.2, 0.25) is 10.0 Å². The van der Waals surface area contributed by atoms with E-state index in [0.717, 1.165) is 48.2 Å². The van der Waals surface area contributed by atoms with E-state index in [0.29, 0.717) is 5.41 Å². The van der Waals surface area contributed by atoms with E-state index in [1.807, 2.05) is 25.2 Å². The first-order chi connectivity index (χ1) is 9.61. The van der Waals surface area contributed by atoms with Crippen LogP contribution in [0.1, 0.15) is 31.2 Å². The third-order valence-electron chi connectivity index (χ3n) is 4.99. The van der Waals surface area contributed by atoms with Crippen molar-refractivity contribution < 1.29 is 4.74 Å². The molecular formula is C16H21Cl2NO. The first-order valence-electron chi connectivity index (χ1n) is 7.28. The highest BCUT2D eigenvalue weighted by molar-refractivity contribution is 6.36. The van der Waals surface area contributed by atoms with E-state index in [4.69, 9.17) is 27.9 Å². The van der Waals surface area contributed by atoms with Crippen LogP contribution in [0.15, 0.2) is 18.2 Å². The van der Waals surface area contributed by atoms with Crippen LogP contribution in [0.5, 0.6) is 0 Å². The Kier molecular flexibility index (Phi) is 4.02. The maximum Gasteiger partial charge on any atom is 0.0471 e. The lowest BCUT2D eigenvalue weighted by Crippen LogP contribution is -2.56. The van der Waals surface area contributed by atoms with Gasteiger partial charge in [0.1, 0.15) is 0 Å². The highest BCUT2D eigenvalue weighted by Gasteiger charge is 2.56. The number of halogens is 2. The third kappa shape index (κ3) is 2.37. The molecule has 1 saturated heterocycles. The minimum Gasteiger partial charge on any atom is -0.381 e. The van der Waals surface area contributed by atoms with Gasteiger partial charge in [-0.2, -0.15) is 0 Å². The van der Waals surface area contributed by atoms with Crippen molar-refractivity contribution in [2.45, 2.75) is 31.1 Å². The molecule has 2 aliphatic rings. The van der Waals surface area contributed by atoms with Crippen molar-refractivity contribution in [3.8, 4) is 0 Å². The quantitative estimate of drug-likeness (QED) is 0.909. The Hall–Kier alpha value is -0.280. The molecule has 1 aromatic carbocycles. The topological polar surface area (TPSA) is 21.3 Å². The van der Waals surface area contributed by atoms with Gasteiger partial charge in [-0.15, -0.1) is 0 Å². The van der Waals surface area contributed by atoms with Crippen LogP contribution >= 0.6 is 23.2 Å². The Morgan fingerprint density at radius 2 is 1.75 bits per heavy atom. The molecule has 3 rings (SSSR count). The normalized spacial score (nSPS) is 23.6. The molecule has 0 bridgehead atoms. The Morgan fingerprint density at radius 3 is 2.30 bits per heavy atom. The van der Waals surface area contributed by atoms with Crippen molar-refractivity contribution in [2.75, 3.05) is 26.8 Å². The van der Waals surface area contributed by atoms with Gasteiger partial charge in [0.05, 0.1) is 0 Å². The van der Waals surface area contributed by atoms with Crippen LogP contribution in [0.3, 0.4) is 0 Å². The summed E-state index contributed by atoms with van der Waals surface area (Å²) in [7, 11) is 2.00. The van der Waals surface area contributed by atoms with E-state index in [1.54, 1.807) is 0 Å². The highest BCUT2D eigenvalue weighted by atomic mass is 35.5. The molecule has 0 aromatic heterocycles. The van der Waals surface area contributed by atoms with Crippen LogP contribution in [-0.2, 0) is 10.2 Å². The standard InChI is InChI=1S/C16H21Cl2NO/c1-19-11-16(14-12(17)3-2-4-13(14)18)9-15(10-16)5-7-20-8-6-15/h2-4,19H,5-11H2,1H3. The lowest BCUT2D eigenvalue weighted by atomic mass is 9.48. The zero-order valence-corrected chi connectivity index (χ0v) is 13.4. The van der Waals surface area contributed by atoms with Crippen LogP contribution in [0.25, 0.3) is 0 Å². The SMILES string of the molecule is CNCC1(c2c(Cl)cccc2Cl)CC2(CCOCC2)C1. The summed E-state index contributed by atoms with van der Waals surface area (Å²) in [5.41, 5.74) is 1.66. The zero-order valence-electron chi connectivity index (χ0n) is 11.8. The van der Waals surface area contributed by atoms with Gasteiger partial charge in [-0.25, -0.2) is 0 Å². The maximum atomic E-state index is 6.45. The Balaban J connectivity index is 1.91. The van der Waals surface area contributed by atoms with Gasteiger partial charge in [0.15, 0.2) is 0 Å². The predicted octanol–water partition coefficient (Wildman–Crippen LogP) is 4.04. The summed E-state index contributed by atoms with van der Waals surface area (Å²) in [6.45, 7) is 2.72. The van der Waals surface area contributed by atoms with Crippen LogP contribution < -0.4 is 5.32 Å². The van der Waals surface area contributed by atoms with Crippen LogP contribution in [-0.4, -0.2) is 26.8 Å². The first kappa shape index (κ1) is 14.6. The molecule has 2 nitrogen and oxygen atoms in total. The van der Waals surface area contributed by atoms with E-state index in [9.17, 15) is 0 Å². The fourth-order valence-corrected chi connectivity index (χ4v) is 5.07. The second kappa shape index (κ2) is 5.49. The fraction of sp³-hybridized carbons (Fsp3) is 0.625. The molecule has 1 spiro atoms. The first-order valence-corrected chi connectivity index (χ1v) is 8.03. The van der Waals surface area contributed by atoms with E-state index in [2.05, 4.69) is 5.32 Å². The van der Waals surface area contributed by atoms with E-state index < -0.39 is 0 Å². The van der Waals surface area contributed by atoms with Crippen molar-refractivity contribution in [3.05, 3.63) is 33.8 Å². The predicted molar refractivity (Wildman–Crippen MR) is 83.8 cm³/mol. The summed E-state index contributed by atoms with van der Waals surface area (Å²) >= 11 is 12.9. The monoisotopic (exact) mass is 313 g/mol. The van der Waals surface area contributed by atoms with Crippen molar-refractivity contribution in [2.24, 2.45) is 5.41 Å². The molecular weight excluding hydrogens is 293 g/mol. The number of hydrogen-bond donors (Lipinski definition) is 1. The third-order valence-corrected chi connectivity index (χ3v) is 5.62. The molecule has 0 radical (unpaired) electrons. The molecule has 0 amide bonds. The van der Waals surface area contributed by atoms with E-state index in [1.165, 1.54) is 12.8 Å². The summed E-state index contributed by atoms with van der Waals surface area (Å²) in [6.07, 6.45) is 4.66. The number of ether oxygens (including phenoxy) is 1. The van der Waals surface area contributed by atoms with Crippen LogP contribution in [0, 0.1) is 5.41 Å². The summed E-state index contributed by atoms with van der Waals surface area (Å²) in [4.78, 5) is 0. The van der Waals surface area contributed by atoms with Gasteiger partial charge in [0.25, 0.3) is 0 Å². The lowest BCUT2D eigenvalue weighted by molar-refractivity contribution is -0.0732. The molecule has 20 heavy (non-hydrogen) atoms. The zero-order chi connectivity index (χ0) is 14.2. The van der Waals surface area contributed by atoms with Gasteiger partial charge >= 0.3 is 0 Å². The van der Waals surface area contributed by atoms with Gasteiger partial charge < -0.3 is 10.1 Å². The number of nitrogens with one attached hydrogen (secondary N) is 1. The van der Waals surface area contributed by atoms with Gasteiger partial charge in [-0.1, -0.05) is 29.3 Å². The van der Waals surface area contributed by atoms with E-state index >= 15 is 0 Å². The summed E-state index contributed by atoms with van der Waals surface area (Å²) < 4.78 is 5.51. The second-order valence-electron chi connectivity index (χ2n) is 6.37.